The summed E-state index contributed by atoms with van der Waals surface area (Å²) >= 11 is 0. The van der Waals surface area contributed by atoms with Gasteiger partial charge in [-0.2, -0.15) is 0 Å². The molecular weight excluding hydrogens is 532 g/mol. The normalized spacial score (nSPS) is 21.2. The van der Waals surface area contributed by atoms with Crippen molar-refractivity contribution in [2.45, 2.75) is 46.3 Å². The van der Waals surface area contributed by atoms with Gasteiger partial charge in [-0.25, -0.2) is 9.78 Å². The molecular formula is C30H40N2O9. The minimum atomic E-state index is -1.10. The van der Waals surface area contributed by atoms with Gasteiger partial charge in [-0.05, 0) is 30.7 Å². The highest BCUT2D eigenvalue weighted by molar-refractivity contribution is 5.98. The van der Waals surface area contributed by atoms with Crippen LogP contribution in [0, 0.1) is 17.8 Å². The van der Waals surface area contributed by atoms with Crippen molar-refractivity contribution >= 4 is 17.8 Å². The van der Waals surface area contributed by atoms with Gasteiger partial charge >= 0.3 is 11.9 Å². The van der Waals surface area contributed by atoms with E-state index in [4.69, 9.17) is 28.4 Å². The molecule has 0 spiro atoms. The van der Waals surface area contributed by atoms with Crippen LogP contribution in [0.2, 0.25) is 0 Å². The van der Waals surface area contributed by atoms with Crippen LogP contribution < -0.4 is 14.8 Å². The number of aromatic nitrogens is 1. The molecule has 2 aromatic rings. The van der Waals surface area contributed by atoms with E-state index in [2.05, 4.69) is 36.3 Å². The zero-order valence-corrected chi connectivity index (χ0v) is 24.3. The molecule has 41 heavy (non-hydrogen) atoms. The van der Waals surface area contributed by atoms with E-state index in [1.165, 1.54) is 26.3 Å². The molecule has 1 aromatic heterocycles. The quantitative estimate of drug-likeness (QED) is 0.299. The van der Waals surface area contributed by atoms with Crippen LogP contribution in [0.5, 0.6) is 11.5 Å². The maximum absolute atomic E-state index is 13.3. The van der Waals surface area contributed by atoms with Crippen LogP contribution in [-0.4, -0.2) is 75.3 Å². The van der Waals surface area contributed by atoms with Crippen LogP contribution in [0.25, 0.3) is 0 Å². The van der Waals surface area contributed by atoms with Gasteiger partial charge in [-0.1, -0.05) is 44.2 Å². The highest BCUT2D eigenvalue weighted by atomic mass is 16.7. The molecule has 4 atom stereocenters. The first-order valence-corrected chi connectivity index (χ1v) is 13.7. The number of cyclic esters (lactones) is 1. The van der Waals surface area contributed by atoms with Gasteiger partial charge in [0.15, 0.2) is 23.2 Å². The number of hydrogen-bond acceptors (Lipinski definition) is 10. The molecule has 0 unspecified atom stereocenters. The molecule has 1 fully saturated rings. The molecule has 1 amide bonds. The molecule has 3 rings (SSSR count). The number of benzene rings is 1. The molecule has 0 saturated carbocycles. The van der Waals surface area contributed by atoms with Gasteiger partial charge in [-0.3, -0.25) is 9.59 Å². The SMILES string of the molecule is COc1ccnc(C(=O)N[C@@H]2COC[C@@H](Cc3ccccc3)[C@H](COCC(C)C)[C@@H](C)OC2=O)c1OCOC(C)=O. The molecule has 11 heteroatoms. The van der Waals surface area contributed by atoms with Gasteiger partial charge in [0.25, 0.3) is 5.91 Å². The van der Waals surface area contributed by atoms with Crippen LogP contribution in [0.15, 0.2) is 42.6 Å². The highest BCUT2D eigenvalue weighted by Gasteiger charge is 2.35. The Morgan fingerprint density at radius 3 is 2.59 bits per heavy atom. The van der Waals surface area contributed by atoms with Crippen molar-refractivity contribution in [3.8, 4) is 11.5 Å². The molecule has 1 aliphatic rings. The minimum Gasteiger partial charge on any atom is -0.493 e. The molecule has 2 heterocycles. The lowest BCUT2D eigenvalue weighted by molar-refractivity contribution is -0.155. The summed E-state index contributed by atoms with van der Waals surface area (Å²) in [7, 11) is 1.40. The van der Waals surface area contributed by atoms with Crippen molar-refractivity contribution in [1.82, 2.24) is 10.3 Å². The van der Waals surface area contributed by atoms with Crippen LogP contribution in [0.1, 0.15) is 43.7 Å². The van der Waals surface area contributed by atoms with Crippen LogP contribution in [0.3, 0.4) is 0 Å². The fourth-order valence-electron chi connectivity index (χ4n) is 4.49. The highest BCUT2D eigenvalue weighted by Crippen LogP contribution is 2.30. The summed E-state index contributed by atoms with van der Waals surface area (Å²) in [6.45, 7) is 8.00. The van der Waals surface area contributed by atoms with Gasteiger partial charge in [0.1, 0.15) is 6.10 Å². The molecule has 11 nitrogen and oxygen atoms in total. The van der Waals surface area contributed by atoms with E-state index in [-0.39, 0.29) is 35.6 Å². The smallest absolute Gasteiger partial charge is 0.331 e. The third-order valence-electron chi connectivity index (χ3n) is 6.59. The first kappa shape index (κ1) is 31.8. The van der Waals surface area contributed by atoms with E-state index in [0.717, 1.165) is 5.56 Å². The molecule has 1 aliphatic heterocycles. The maximum atomic E-state index is 13.3. The average Bonchev–Trinajstić information content (AvgIpc) is 2.98. The number of carbonyl (C=O) groups excluding carboxylic acids is 3. The Bertz CT molecular complexity index is 1140. The monoisotopic (exact) mass is 572 g/mol. The summed E-state index contributed by atoms with van der Waals surface area (Å²) in [5.74, 6) is -1.51. The molecule has 224 valence electrons. The van der Waals surface area contributed by atoms with E-state index < -0.39 is 36.8 Å². The zero-order chi connectivity index (χ0) is 29.8. The number of rotatable bonds is 12. The van der Waals surface area contributed by atoms with Crippen LogP contribution in [-0.2, 0) is 35.0 Å². The fraction of sp³-hybridized carbons (Fsp3) is 0.533. The van der Waals surface area contributed by atoms with Gasteiger partial charge in [0.05, 0.1) is 26.9 Å². The Labute approximate surface area is 240 Å². The lowest BCUT2D eigenvalue weighted by atomic mass is 9.84. The summed E-state index contributed by atoms with van der Waals surface area (Å²) in [4.78, 5) is 41.8. The number of amides is 1. The van der Waals surface area contributed by atoms with Crippen LogP contribution in [0.4, 0.5) is 0 Å². The molecule has 0 bridgehead atoms. The Kier molecular flexibility index (Phi) is 12.4. The predicted molar refractivity (Wildman–Crippen MR) is 148 cm³/mol. The second-order valence-electron chi connectivity index (χ2n) is 10.3. The van der Waals surface area contributed by atoms with Crippen molar-refractivity contribution in [2.24, 2.45) is 17.8 Å². The van der Waals surface area contributed by atoms with Gasteiger partial charge in [0, 0.05) is 31.7 Å². The van der Waals surface area contributed by atoms with Crippen molar-refractivity contribution < 1.29 is 42.8 Å². The number of carbonyl (C=O) groups is 3. The summed E-state index contributed by atoms with van der Waals surface area (Å²) < 4.78 is 33.5. The van der Waals surface area contributed by atoms with E-state index in [1.54, 1.807) is 0 Å². The predicted octanol–water partition coefficient (Wildman–Crippen LogP) is 3.20. The number of nitrogens with one attached hydrogen (secondary N) is 1. The summed E-state index contributed by atoms with van der Waals surface area (Å²) in [5, 5.41) is 2.65. The molecule has 1 aromatic carbocycles. The summed E-state index contributed by atoms with van der Waals surface area (Å²) in [6, 6.07) is 10.4. The van der Waals surface area contributed by atoms with E-state index >= 15 is 0 Å². The minimum absolute atomic E-state index is 0.00291. The number of nitrogens with zero attached hydrogens (tertiary/aromatic N) is 1. The lowest BCUT2D eigenvalue weighted by Gasteiger charge is -2.31. The molecule has 0 aliphatic carbocycles. The van der Waals surface area contributed by atoms with Crippen molar-refractivity contribution in [3.05, 3.63) is 53.9 Å². The van der Waals surface area contributed by atoms with Crippen molar-refractivity contribution in [3.63, 3.8) is 0 Å². The zero-order valence-electron chi connectivity index (χ0n) is 24.3. The Morgan fingerprint density at radius 2 is 1.90 bits per heavy atom. The van der Waals surface area contributed by atoms with Gasteiger partial charge in [0.2, 0.25) is 6.79 Å². The van der Waals surface area contributed by atoms with Gasteiger partial charge in [-0.15, -0.1) is 0 Å². The third kappa shape index (κ3) is 9.72. The number of pyridine rings is 1. The Hall–Kier alpha value is -3.70. The second kappa shape index (κ2) is 15.9. The third-order valence-corrected chi connectivity index (χ3v) is 6.59. The fourth-order valence-corrected chi connectivity index (χ4v) is 4.49. The standard InChI is InChI=1S/C30H40N2O9/c1-19(2)14-37-16-24-20(3)41-30(35)25(17-38-15-23(24)13-22-9-7-6-8-10-22)32-29(34)27-28(40-18-39-21(4)33)26(36-5)11-12-31-27/h6-12,19-20,23-25H,13-18H2,1-5H3,(H,32,34)/t20-,23-,24-,25-/m1/s1. The summed E-state index contributed by atoms with van der Waals surface area (Å²) in [6.07, 6.45) is 1.58. The first-order valence-electron chi connectivity index (χ1n) is 13.7. The summed E-state index contributed by atoms with van der Waals surface area (Å²) in [5.41, 5.74) is 0.988. The van der Waals surface area contributed by atoms with Gasteiger partial charge < -0.3 is 33.7 Å². The Balaban J connectivity index is 1.78. The number of ether oxygens (including phenoxy) is 6. The Morgan fingerprint density at radius 1 is 1.15 bits per heavy atom. The lowest BCUT2D eigenvalue weighted by Crippen LogP contribution is -2.46. The first-order chi connectivity index (χ1) is 19.7. The van der Waals surface area contributed by atoms with E-state index in [1.807, 2.05) is 25.1 Å². The number of methoxy groups -OCH3 is 1. The van der Waals surface area contributed by atoms with E-state index in [9.17, 15) is 14.4 Å². The van der Waals surface area contributed by atoms with Crippen molar-refractivity contribution in [2.75, 3.05) is 40.3 Å². The molecule has 0 radical (unpaired) electrons. The second-order valence-corrected chi connectivity index (χ2v) is 10.3. The molecule has 1 N–H and O–H groups in total. The average molecular weight is 573 g/mol. The molecule has 1 saturated heterocycles. The largest absolute Gasteiger partial charge is 0.493 e. The maximum Gasteiger partial charge on any atom is 0.331 e. The topological polar surface area (TPSA) is 132 Å². The number of esters is 2. The van der Waals surface area contributed by atoms with Crippen LogP contribution >= 0.6 is 0 Å². The van der Waals surface area contributed by atoms with Crippen molar-refractivity contribution in [1.29, 1.82) is 0 Å². The van der Waals surface area contributed by atoms with E-state index in [0.29, 0.717) is 32.2 Å². The number of hydrogen-bond donors (Lipinski definition) is 1.